The van der Waals surface area contributed by atoms with Crippen LogP contribution < -0.4 is 5.32 Å². The van der Waals surface area contributed by atoms with E-state index >= 15 is 0 Å². The van der Waals surface area contributed by atoms with Crippen LogP contribution in [0.3, 0.4) is 0 Å². The molecule has 1 aromatic carbocycles. The summed E-state index contributed by atoms with van der Waals surface area (Å²) in [6, 6.07) is 17.4. The number of nitrogens with zero attached hydrogens (tertiary/aromatic N) is 2. The van der Waals surface area contributed by atoms with E-state index in [-0.39, 0.29) is 5.91 Å². The van der Waals surface area contributed by atoms with Gasteiger partial charge in [-0.15, -0.1) is 0 Å². The number of nitrogens with one attached hydrogen (secondary N) is 1. The Morgan fingerprint density at radius 1 is 1.00 bits per heavy atom. The van der Waals surface area contributed by atoms with Crippen LogP contribution in [0.1, 0.15) is 22.5 Å². The van der Waals surface area contributed by atoms with Crippen molar-refractivity contribution in [3.8, 4) is 5.69 Å². The molecule has 0 bridgehead atoms. The first-order chi connectivity index (χ1) is 11.3. The number of aromatic nitrogens is 2. The van der Waals surface area contributed by atoms with E-state index in [1.54, 1.807) is 6.20 Å². The van der Waals surface area contributed by atoms with Crippen LogP contribution in [0.2, 0.25) is 0 Å². The predicted molar refractivity (Wildman–Crippen MR) is 90.7 cm³/mol. The van der Waals surface area contributed by atoms with E-state index in [4.69, 9.17) is 0 Å². The summed E-state index contributed by atoms with van der Waals surface area (Å²) in [6.07, 6.45) is 7.50. The summed E-state index contributed by atoms with van der Waals surface area (Å²) in [5, 5.41) is 2.95. The van der Waals surface area contributed by atoms with Crippen molar-refractivity contribution in [2.75, 3.05) is 6.54 Å². The molecule has 23 heavy (non-hydrogen) atoms. The van der Waals surface area contributed by atoms with Crippen molar-refractivity contribution in [2.45, 2.75) is 12.8 Å². The number of carbonyl (C=O) groups excluding carboxylic acids is 1. The highest BCUT2D eigenvalue weighted by molar-refractivity contribution is 5.94. The van der Waals surface area contributed by atoms with Gasteiger partial charge in [-0.25, -0.2) is 0 Å². The van der Waals surface area contributed by atoms with Gasteiger partial charge in [0.05, 0.1) is 0 Å². The second-order valence-corrected chi connectivity index (χ2v) is 5.32. The fourth-order valence-corrected chi connectivity index (χ4v) is 2.41. The highest BCUT2D eigenvalue weighted by atomic mass is 16.1. The number of hydrogen-bond donors (Lipinski definition) is 1. The van der Waals surface area contributed by atoms with Gasteiger partial charge in [-0.1, -0.05) is 6.07 Å². The lowest BCUT2D eigenvalue weighted by Gasteiger charge is -2.07. The van der Waals surface area contributed by atoms with E-state index in [0.717, 1.165) is 24.2 Å². The zero-order valence-corrected chi connectivity index (χ0v) is 12.9. The van der Waals surface area contributed by atoms with Crippen molar-refractivity contribution in [3.63, 3.8) is 0 Å². The molecule has 4 heteroatoms. The molecular weight excluding hydrogens is 286 g/mol. The quantitative estimate of drug-likeness (QED) is 0.711. The maximum absolute atomic E-state index is 12.1. The first-order valence-electron chi connectivity index (χ1n) is 7.74. The standard InChI is InChI=1S/C19H19N3O/c23-19(21-13-5-7-17-6-1-2-12-20-17)16-8-10-18(11-9-16)22-14-3-4-15-22/h1-4,6,8-12,14-15H,5,7,13H2,(H,21,23). The first-order valence-corrected chi connectivity index (χ1v) is 7.74. The lowest BCUT2D eigenvalue weighted by atomic mass is 10.2. The minimum Gasteiger partial charge on any atom is -0.352 e. The molecule has 0 atom stereocenters. The number of carbonyl (C=O) groups is 1. The van der Waals surface area contributed by atoms with Gasteiger partial charge in [-0.05, 0) is 61.4 Å². The zero-order valence-electron chi connectivity index (χ0n) is 12.9. The second kappa shape index (κ2) is 7.40. The third-order valence-corrected chi connectivity index (χ3v) is 3.65. The topological polar surface area (TPSA) is 46.9 Å². The van der Waals surface area contributed by atoms with Gasteiger partial charge < -0.3 is 9.88 Å². The molecule has 0 fully saturated rings. The molecule has 1 amide bonds. The smallest absolute Gasteiger partial charge is 0.251 e. The van der Waals surface area contributed by atoms with Gasteiger partial charge in [0.15, 0.2) is 0 Å². The van der Waals surface area contributed by atoms with E-state index in [1.807, 2.05) is 71.6 Å². The fourth-order valence-electron chi connectivity index (χ4n) is 2.41. The van der Waals surface area contributed by atoms with Crippen molar-refractivity contribution in [2.24, 2.45) is 0 Å². The zero-order chi connectivity index (χ0) is 15.9. The molecule has 0 aliphatic heterocycles. The van der Waals surface area contributed by atoms with E-state index < -0.39 is 0 Å². The molecule has 2 aromatic heterocycles. The molecule has 0 spiro atoms. The number of pyridine rings is 1. The van der Waals surface area contributed by atoms with Crippen LogP contribution in [0.5, 0.6) is 0 Å². The number of aryl methyl sites for hydroxylation is 1. The van der Waals surface area contributed by atoms with Crippen LogP contribution in [0.4, 0.5) is 0 Å². The highest BCUT2D eigenvalue weighted by Crippen LogP contribution is 2.10. The summed E-state index contributed by atoms with van der Waals surface area (Å²) in [7, 11) is 0. The van der Waals surface area contributed by atoms with Gasteiger partial charge in [0.25, 0.3) is 5.91 Å². The fraction of sp³-hybridized carbons (Fsp3) is 0.158. The molecule has 0 radical (unpaired) electrons. The predicted octanol–water partition coefficient (Wildman–Crippen LogP) is 3.23. The Morgan fingerprint density at radius 3 is 2.48 bits per heavy atom. The minimum absolute atomic E-state index is 0.0370. The van der Waals surface area contributed by atoms with E-state index in [2.05, 4.69) is 10.3 Å². The summed E-state index contributed by atoms with van der Waals surface area (Å²) >= 11 is 0. The van der Waals surface area contributed by atoms with Crippen molar-refractivity contribution in [3.05, 3.63) is 84.4 Å². The Bertz CT molecular complexity index is 734. The molecule has 0 saturated carbocycles. The first kappa shape index (κ1) is 15.0. The monoisotopic (exact) mass is 305 g/mol. The molecule has 2 heterocycles. The molecule has 3 rings (SSSR count). The van der Waals surface area contributed by atoms with Crippen molar-refractivity contribution in [1.29, 1.82) is 0 Å². The average Bonchev–Trinajstić information content (AvgIpc) is 3.14. The summed E-state index contributed by atoms with van der Waals surface area (Å²) in [5.41, 5.74) is 2.78. The largest absolute Gasteiger partial charge is 0.352 e. The SMILES string of the molecule is O=C(NCCCc1ccccn1)c1ccc(-n2cccc2)cc1. The Balaban J connectivity index is 1.48. The Kier molecular flexibility index (Phi) is 4.84. The van der Waals surface area contributed by atoms with E-state index in [0.29, 0.717) is 12.1 Å². The van der Waals surface area contributed by atoms with Crippen molar-refractivity contribution in [1.82, 2.24) is 14.9 Å². The third kappa shape index (κ3) is 4.07. The van der Waals surface area contributed by atoms with Gasteiger partial charge >= 0.3 is 0 Å². The summed E-state index contributed by atoms with van der Waals surface area (Å²) in [4.78, 5) is 16.4. The van der Waals surface area contributed by atoms with Gasteiger partial charge in [-0.3, -0.25) is 9.78 Å². The Morgan fingerprint density at radius 2 is 1.78 bits per heavy atom. The van der Waals surface area contributed by atoms with Crippen LogP contribution in [-0.4, -0.2) is 22.0 Å². The van der Waals surface area contributed by atoms with Gasteiger partial charge in [-0.2, -0.15) is 0 Å². The molecule has 0 unspecified atom stereocenters. The van der Waals surface area contributed by atoms with Crippen LogP contribution in [-0.2, 0) is 6.42 Å². The van der Waals surface area contributed by atoms with Gasteiger partial charge in [0, 0.05) is 42.1 Å². The molecule has 3 aromatic rings. The maximum Gasteiger partial charge on any atom is 0.251 e. The van der Waals surface area contributed by atoms with Crippen molar-refractivity contribution >= 4 is 5.91 Å². The van der Waals surface area contributed by atoms with Crippen LogP contribution >= 0.6 is 0 Å². The molecule has 0 aliphatic carbocycles. The lowest BCUT2D eigenvalue weighted by Crippen LogP contribution is -2.24. The van der Waals surface area contributed by atoms with E-state index in [1.165, 1.54) is 0 Å². The number of amides is 1. The van der Waals surface area contributed by atoms with Crippen LogP contribution in [0.25, 0.3) is 5.69 Å². The summed E-state index contributed by atoms with van der Waals surface area (Å²) < 4.78 is 2.01. The highest BCUT2D eigenvalue weighted by Gasteiger charge is 2.05. The normalized spacial score (nSPS) is 10.4. The lowest BCUT2D eigenvalue weighted by molar-refractivity contribution is 0.0953. The average molecular weight is 305 g/mol. The molecule has 0 saturated heterocycles. The summed E-state index contributed by atoms with van der Waals surface area (Å²) in [5.74, 6) is -0.0370. The Labute approximate surface area is 135 Å². The van der Waals surface area contributed by atoms with Crippen LogP contribution in [0.15, 0.2) is 73.2 Å². The van der Waals surface area contributed by atoms with Gasteiger partial charge in [0.2, 0.25) is 0 Å². The Hall–Kier alpha value is -2.88. The number of hydrogen-bond acceptors (Lipinski definition) is 2. The molecule has 1 N–H and O–H groups in total. The minimum atomic E-state index is -0.0370. The second-order valence-electron chi connectivity index (χ2n) is 5.32. The maximum atomic E-state index is 12.1. The molecule has 0 aliphatic rings. The van der Waals surface area contributed by atoms with Gasteiger partial charge in [0.1, 0.15) is 0 Å². The van der Waals surface area contributed by atoms with E-state index in [9.17, 15) is 4.79 Å². The number of benzene rings is 1. The van der Waals surface area contributed by atoms with Crippen LogP contribution in [0, 0.1) is 0 Å². The molecular formula is C19H19N3O. The molecule has 4 nitrogen and oxygen atoms in total. The third-order valence-electron chi connectivity index (χ3n) is 3.65. The molecule has 116 valence electrons. The summed E-state index contributed by atoms with van der Waals surface area (Å²) in [6.45, 7) is 0.648. The van der Waals surface area contributed by atoms with Crippen molar-refractivity contribution < 1.29 is 4.79 Å². The number of rotatable bonds is 6.